The molecule has 0 saturated carbocycles. The van der Waals surface area contributed by atoms with E-state index in [-0.39, 0.29) is 6.61 Å². The monoisotopic (exact) mass is 294 g/mol. The van der Waals surface area contributed by atoms with Crippen molar-refractivity contribution in [3.05, 3.63) is 16.8 Å². The number of aliphatic hydroxyl groups is 1. The second-order valence-corrected chi connectivity index (χ2v) is 5.23. The first-order valence-electron chi connectivity index (χ1n) is 8.13. The van der Waals surface area contributed by atoms with Crippen LogP contribution in [0.5, 0.6) is 0 Å². The lowest BCUT2D eigenvalue weighted by atomic mass is 10.0. The summed E-state index contributed by atoms with van der Waals surface area (Å²) < 4.78 is 0. The van der Waals surface area contributed by atoms with Crippen molar-refractivity contribution in [3.63, 3.8) is 0 Å². The molecule has 3 N–H and O–H groups in total. The normalized spacial score (nSPS) is 11.2. The maximum atomic E-state index is 9.41. The first-order valence-corrected chi connectivity index (χ1v) is 8.13. The Labute approximate surface area is 128 Å². The number of aliphatic hydroxyl groups excluding tert-OH is 1. The zero-order valence-corrected chi connectivity index (χ0v) is 13.9. The maximum Gasteiger partial charge on any atom is 0.156 e. The fourth-order valence-corrected chi connectivity index (χ4v) is 2.98. The Morgan fingerprint density at radius 3 is 2.14 bits per heavy atom. The molecule has 5 nitrogen and oxygen atoms in total. The number of rotatable bonds is 9. The standard InChI is InChI=1S/C16H30N4O/c1-5-12(6-2)20(9-10-21)16-14(11-17)13(7-3)15(8-4)18-19-16/h12,21H,5-11,17H2,1-4H3. The molecule has 0 amide bonds. The Balaban J connectivity index is 3.36. The SMILES string of the molecule is CCc1nnc(N(CCO)C(CC)CC)c(CN)c1CC. The van der Waals surface area contributed by atoms with Gasteiger partial charge in [0.25, 0.3) is 0 Å². The van der Waals surface area contributed by atoms with E-state index in [2.05, 4.69) is 42.8 Å². The van der Waals surface area contributed by atoms with Gasteiger partial charge >= 0.3 is 0 Å². The largest absolute Gasteiger partial charge is 0.395 e. The molecule has 0 atom stereocenters. The van der Waals surface area contributed by atoms with Gasteiger partial charge in [0, 0.05) is 24.7 Å². The quantitative estimate of drug-likeness (QED) is 0.729. The van der Waals surface area contributed by atoms with Crippen molar-refractivity contribution in [2.24, 2.45) is 5.73 Å². The summed E-state index contributed by atoms with van der Waals surface area (Å²) >= 11 is 0. The van der Waals surface area contributed by atoms with E-state index in [0.29, 0.717) is 19.1 Å². The molecule has 0 aliphatic carbocycles. The van der Waals surface area contributed by atoms with Crippen molar-refractivity contribution in [2.45, 2.75) is 66.0 Å². The average molecular weight is 294 g/mol. The van der Waals surface area contributed by atoms with Crippen molar-refractivity contribution in [1.82, 2.24) is 10.2 Å². The van der Waals surface area contributed by atoms with Crippen LogP contribution in [0.3, 0.4) is 0 Å². The van der Waals surface area contributed by atoms with Gasteiger partial charge in [-0.3, -0.25) is 0 Å². The van der Waals surface area contributed by atoms with Crippen LogP contribution in [0.1, 0.15) is 57.4 Å². The summed E-state index contributed by atoms with van der Waals surface area (Å²) in [5.41, 5.74) is 9.36. The van der Waals surface area contributed by atoms with Gasteiger partial charge in [0.05, 0.1) is 12.3 Å². The van der Waals surface area contributed by atoms with Crippen LogP contribution in [0.4, 0.5) is 5.82 Å². The highest BCUT2D eigenvalue weighted by atomic mass is 16.3. The predicted octanol–water partition coefficient (Wildman–Crippen LogP) is 2.05. The van der Waals surface area contributed by atoms with Crippen molar-refractivity contribution in [1.29, 1.82) is 0 Å². The molecular weight excluding hydrogens is 264 g/mol. The van der Waals surface area contributed by atoms with Crippen LogP contribution in [0.2, 0.25) is 0 Å². The van der Waals surface area contributed by atoms with Gasteiger partial charge in [-0.05, 0) is 31.2 Å². The molecule has 0 spiro atoms. The Morgan fingerprint density at radius 1 is 1.05 bits per heavy atom. The van der Waals surface area contributed by atoms with Crippen molar-refractivity contribution in [2.75, 3.05) is 18.1 Å². The molecule has 5 heteroatoms. The molecule has 1 rings (SSSR count). The molecule has 0 aliphatic rings. The van der Waals surface area contributed by atoms with E-state index in [1.807, 2.05) is 0 Å². The Bertz CT molecular complexity index is 433. The highest BCUT2D eigenvalue weighted by Gasteiger charge is 2.22. The van der Waals surface area contributed by atoms with E-state index in [1.54, 1.807) is 0 Å². The smallest absolute Gasteiger partial charge is 0.156 e. The minimum Gasteiger partial charge on any atom is -0.395 e. The van der Waals surface area contributed by atoms with Crippen LogP contribution in [-0.2, 0) is 19.4 Å². The van der Waals surface area contributed by atoms with E-state index in [1.165, 1.54) is 5.56 Å². The third-order valence-electron chi connectivity index (χ3n) is 4.14. The van der Waals surface area contributed by atoms with E-state index in [0.717, 1.165) is 42.8 Å². The van der Waals surface area contributed by atoms with Gasteiger partial charge in [-0.25, -0.2) is 0 Å². The molecule has 1 aromatic rings. The van der Waals surface area contributed by atoms with Crippen molar-refractivity contribution in [3.8, 4) is 0 Å². The Morgan fingerprint density at radius 2 is 1.71 bits per heavy atom. The van der Waals surface area contributed by atoms with E-state index >= 15 is 0 Å². The predicted molar refractivity (Wildman–Crippen MR) is 87.5 cm³/mol. The van der Waals surface area contributed by atoms with E-state index < -0.39 is 0 Å². The zero-order chi connectivity index (χ0) is 15.8. The number of anilines is 1. The number of nitrogens with zero attached hydrogens (tertiary/aromatic N) is 3. The fourth-order valence-electron chi connectivity index (χ4n) is 2.98. The second kappa shape index (κ2) is 8.95. The average Bonchev–Trinajstić information content (AvgIpc) is 2.53. The molecule has 0 aliphatic heterocycles. The van der Waals surface area contributed by atoms with Crippen molar-refractivity contribution < 1.29 is 5.11 Å². The zero-order valence-electron chi connectivity index (χ0n) is 13.9. The van der Waals surface area contributed by atoms with Gasteiger partial charge in [-0.1, -0.05) is 27.7 Å². The first kappa shape index (κ1) is 17.9. The number of aryl methyl sites for hydroxylation is 1. The molecule has 0 saturated heterocycles. The van der Waals surface area contributed by atoms with Gasteiger partial charge in [0.1, 0.15) is 0 Å². The fraction of sp³-hybridized carbons (Fsp3) is 0.750. The topological polar surface area (TPSA) is 75.3 Å². The molecule has 1 heterocycles. The molecule has 1 aromatic heterocycles. The summed E-state index contributed by atoms with van der Waals surface area (Å²) in [5.74, 6) is 0.856. The van der Waals surface area contributed by atoms with Gasteiger partial charge in [-0.15, -0.1) is 5.10 Å². The molecular formula is C16H30N4O. The van der Waals surface area contributed by atoms with Crippen LogP contribution < -0.4 is 10.6 Å². The Kier molecular flexibility index (Phi) is 7.61. The highest BCUT2D eigenvalue weighted by Crippen LogP contribution is 2.26. The lowest BCUT2D eigenvalue weighted by molar-refractivity contribution is 0.295. The summed E-state index contributed by atoms with van der Waals surface area (Å²) in [5, 5.41) is 18.3. The van der Waals surface area contributed by atoms with E-state index in [9.17, 15) is 5.11 Å². The van der Waals surface area contributed by atoms with Gasteiger partial charge in [0.15, 0.2) is 5.82 Å². The van der Waals surface area contributed by atoms with Gasteiger partial charge in [-0.2, -0.15) is 5.10 Å². The first-order chi connectivity index (χ1) is 10.2. The summed E-state index contributed by atoms with van der Waals surface area (Å²) in [4.78, 5) is 2.17. The molecule has 120 valence electrons. The highest BCUT2D eigenvalue weighted by molar-refractivity contribution is 5.52. The van der Waals surface area contributed by atoms with E-state index in [4.69, 9.17) is 5.73 Å². The number of aromatic nitrogens is 2. The summed E-state index contributed by atoms with van der Waals surface area (Å²) in [6.07, 6.45) is 3.81. The summed E-state index contributed by atoms with van der Waals surface area (Å²) in [6, 6.07) is 0.355. The lowest BCUT2D eigenvalue weighted by Crippen LogP contribution is -2.39. The van der Waals surface area contributed by atoms with Crippen LogP contribution in [-0.4, -0.2) is 34.5 Å². The summed E-state index contributed by atoms with van der Waals surface area (Å²) in [6.45, 7) is 9.69. The van der Waals surface area contributed by atoms with Gasteiger partial charge in [0.2, 0.25) is 0 Å². The number of hydrogen-bond acceptors (Lipinski definition) is 5. The van der Waals surface area contributed by atoms with Gasteiger partial charge < -0.3 is 15.7 Å². The third kappa shape index (κ3) is 3.92. The molecule has 0 aromatic carbocycles. The number of hydrogen-bond donors (Lipinski definition) is 2. The minimum absolute atomic E-state index is 0.110. The number of nitrogens with two attached hydrogens (primary N) is 1. The van der Waals surface area contributed by atoms with Crippen LogP contribution in [0.25, 0.3) is 0 Å². The lowest BCUT2D eigenvalue weighted by Gasteiger charge is -2.33. The van der Waals surface area contributed by atoms with Crippen LogP contribution in [0.15, 0.2) is 0 Å². The molecule has 0 bridgehead atoms. The maximum absolute atomic E-state index is 9.41. The minimum atomic E-state index is 0.110. The Hall–Kier alpha value is -1.20. The molecule has 21 heavy (non-hydrogen) atoms. The molecule has 0 unspecified atom stereocenters. The summed E-state index contributed by atoms with van der Waals surface area (Å²) in [7, 11) is 0. The molecule has 0 radical (unpaired) electrons. The third-order valence-corrected chi connectivity index (χ3v) is 4.14. The van der Waals surface area contributed by atoms with Crippen molar-refractivity contribution >= 4 is 5.82 Å². The van der Waals surface area contributed by atoms with Crippen LogP contribution >= 0.6 is 0 Å². The van der Waals surface area contributed by atoms with Crippen LogP contribution in [0, 0.1) is 0 Å². The second-order valence-electron chi connectivity index (χ2n) is 5.23. The molecule has 0 fully saturated rings.